The molecule has 1 aliphatic heterocycles. The second-order valence-electron chi connectivity index (χ2n) is 5.50. The Hall–Kier alpha value is -1.37. The summed E-state index contributed by atoms with van der Waals surface area (Å²) in [6.07, 6.45) is 1.16. The molecule has 0 amide bonds. The molecule has 1 aromatic carbocycles. The van der Waals surface area contributed by atoms with Gasteiger partial charge in [-0.3, -0.25) is 0 Å². The molecule has 0 aliphatic carbocycles. The van der Waals surface area contributed by atoms with Gasteiger partial charge in [0.1, 0.15) is 6.10 Å². The van der Waals surface area contributed by atoms with Crippen molar-refractivity contribution in [3.63, 3.8) is 0 Å². The Balaban J connectivity index is 2.00. The lowest BCUT2D eigenvalue weighted by atomic mass is 9.88. The number of hydrogen-bond acceptors (Lipinski definition) is 5. The normalized spacial score (nSPS) is 24.4. The Kier molecular flexibility index (Phi) is 5.58. The van der Waals surface area contributed by atoms with E-state index in [0.717, 1.165) is 0 Å². The number of nitrogens with zero attached hydrogens (tertiary/aromatic N) is 1. The van der Waals surface area contributed by atoms with Crippen molar-refractivity contribution in [3.8, 4) is 5.88 Å². The van der Waals surface area contributed by atoms with Crippen LogP contribution in [0.4, 0.5) is 0 Å². The van der Waals surface area contributed by atoms with Crippen LogP contribution < -0.4 is 10.1 Å². The monoisotopic (exact) mass is 368 g/mol. The predicted molar refractivity (Wildman–Crippen MR) is 92.7 cm³/mol. The van der Waals surface area contributed by atoms with Crippen LogP contribution in [0.2, 0.25) is 10.0 Å². The Labute approximate surface area is 150 Å². The molecule has 1 fully saturated rings. The number of aliphatic hydroxyl groups is 1. The van der Waals surface area contributed by atoms with E-state index in [-0.39, 0.29) is 6.61 Å². The number of benzene rings is 1. The predicted octanol–water partition coefficient (Wildman–Crippen LogP) is 2.64. The first-order chi connectivity index (χ1) is 11.7. The summed E-state index contributed by atoms with van der Waals surface area (Å²) in [5.41, 5.74) is -0.348. The molecule has 0 saturated carbocycles. The molecule has 0 radical (unpaired) electrons. The highest BCUT2D eigenvalue weighted by Crippen LogP contribution is 2.36. The molecule has 7 heteroatoms. The van der Waals surface area contributed by atoms with Crippen molar-refractivity contribution in [1.82, 2.24) is 10.3 Å². The summed E-state index contributed by atoms with van der Waals surface area (Å²) < 4.78 is 12.1. The van der Waals surface area contributed by atoms with E-state index in [4.69, 9.17) is 32.7 Å². The fourth-order valence-corrected chi connectivity index (χ4v) is 3.06. The van der Waals surface area contributed by atoms with Crippen LogP contribution in [0.1, 0.15) is 5.56 Å². The highest BCUT2D eigenvalue weighted by Gasteiger charge is 2.44. The summed E-state index contributed by atoms with van der Waals surface area (Å²) in [6.45, 7) is 1.33. The van der Waals surface area contributed by atoms with E-state index in [1.54, 1.807) is 30.5 Å². The van der Waals surface area contributed by atoms with Crippen LogP contribution >= 0.6 is 23.2 Å². The van der Waals surface area contributed by atoms with Gasteiger partial charge in [-0.25, -0.2) is 4.98 Å². The van der Waals surface area contributed by atoms with Crippen molar-refractivity contribution in [2.45, 2.75) is 11.7 Å². The van der Waals surface area contributed by atoms with Crippen LogP contribution in [0, 0.1) is 0 Å². The molecule has 128 valence electrons. The van der Waals surface area contributed by atoms with Gasteiger partial charge in [0, 0.05) is 25.4 Å². The van der Waals surface area contributed by atoms with E-state index in [2.05, 4.69) is 10.3 Å². The molecule has 0 bridgehead atoms. The minimum atomic E-state index is -1.06. The first kappa shape index (κ1) is 17.5. The molecule has 3 rings (SSSR count). The number of halogens is 2. The third-order valence-electron chi connectivity index (χ3n) is 4.03. The third kappa shape index (κ3) is 3.50. The molecule has 2 unspecified atom stereocenters. The van der Waals surface area contributed by atoms with Crippen molar-refractivity contribution in [2.24, 2.45) is 0 Å². The lowest BCUT2D eigenvalue weighted by molar-refractivity contribution is -0.134. The summed E-state index contributed by atoms with van der Waals surface area (Å²) in [5.74, 6) is 0.465. The van der Waals surface area contributed by atoms with Gasteiger partial charge in [0.2, 0.25) is 5.88 Å². The lowest BCUT2D eigenvalue weighted by Crippen LogP contribution is -2.51. The summed E-state index contributed by atoms with van der Waals surface area (Å²) >= 11 is 12.2. The Bertz CT molecular complexity index is 687. The molecule has 2 aromatic rings. The molecule has 24 heavy (non-hydrogen) atoms. The van der Waals surface area contributed by atoms with Crippen LogP contribution in [0.3, 0.4) is 0 Å². The van der Waals surface area contributed by atoms with Gasteiger partial charge in [0.05, 0.1) is 23.3 Å². The van der Waals surface area contributed by atoms with Gasteiger partial charge in [-0.15, -0.1) is 0 Å². The van der Waals surface area contributed by atoms with E-state index in [9.17, 15) is 5.11 Å². The molecule has 5 nitrogen and oxygen atoms in total. The number of rotatable bonds is 4. The van der Waals surface area contributed by atoms with Crippen molar-refractivity contribution < 1.29 is 14.6 Å². The first-order valence-electron chi connectivity index (χ1n) is 7.64. The van der Waals surface area contributed by atoms with Crippen LogP contribution in [-0.2, 0) is 10.3 Å². The van der Waals surface area contributed by atoms with E-state index >= 15 is 0 Å². The number of nitrogens with one attached hydrogen (secondary N) is 1. The van der Waals surface area contributed by atoms with Crippen molar-refractivity contribution in [1.29, 1.82) is 0 Å². The summed E-state index contributed by atoms with van der Waals surface area (Å²) in [5, 5.41) is 14.3. The molecular formula is C17H18Cl2N2O3. The van der Waals surface area contributed by atoms with Gasteiger partial charge in [-0.05, 0) is 23.8 Å². The summed E-state index contributed by atoms with van der Waals surface area (Å²) in [6, 6.07) is 10.6. The summed E-state index contributed by atoms with van der Waals surface area (Å²) in [4.78, 5) is 4.19. The van der Waals surface area contributed by atoms with Crippen LogP contribution in [0.25, 0.3) is 0 Å². The Morgan fingerprint density at radius 2 is 2.17 bits per heavy atom. The second kappa shape index (κ2) is 7.68. The number of hydrogen-bond donors (Lipinski definition) is 2. The van der Waals surface area contributed by atoms with Crippen molar-refractivity contribution in [3.05, 3.63) is 58.2 Å². The van der Waals surface area contributed by atoms with E-state index in [0.29, 0.717) is 41.2 Å². The minimum absolute atomic E-state index is 0.260. The Morgan fingerprint density at radius 3 is 2.88 bits per heavy atom. The average molecular weight is 369 g/mol. The largest absolute Gasteiger partial charge is 0.469 e. The second-order valence-corrected chi connectivity index (χ2v) is 6.32. The molecule has 2 atom stereocenters. The molecule has 2 N–H and O–H groups in total. The fourth-order valence-electron chi connectivity index (χ4n) is 2.76. The zero-order valence-corrected chi connectivity index (χ0v) is 14.4. The molecule has 1 saturated heterocycles. The van der Waals surface area contributed by atoms with Gasteiger partial charge >= 0.3 is 0 Å². The van der Waals surface area contributed by atoms with Gasteiger partial charge in [-0.1, -0.05) is 35.3 Å². The smallest absolute Gasteiger partial charge is 0.213 e. The quantitative estimate of drug-likeness (QED) is 0.868. The fraction of sp³-hybridized carbons (Fsp3) is 0.353. The molecule has 1 aliphatic rings. The van der Waals surface area contributed by atoms with E-state index in [1.165, 1.54) is 0 Å². The SMILES string of the molecule is OCC1(c2ccc(Cl)c(Cl)c2)OCCNCC1Oc1ccccn1. The topological polar surface area (TPSA) is 63.6 Å². The molecule has 2 heterocycles. The Morgan fingerprint density at radius 1 is 1.29 bits per heavy atom. The highest BCUT2D eigenvalue weighted by molar-refractivity contribution is 6.42. The van der Waals surface area contributed by atoms with Crippen LogP contribution in [-0.4, -0.2) is 42.5 Å². The third-order valence-corrected chi connectivity index (χ3v) is 4.77. The van der Waals surface area contributed by atoms with E-state index in [1.807, 2.05) is 12.1 Å². The lowest BCUT2D eigenvalue weighted by Gasteiger charge is -2.37. The molecular weight excluding hydrogens is 351 g/mol. The zero-order chi connectivity index (χ0) is 17.0. The molecule has 0 spiro atoms. The highest BCUT2D eigenvalue weighted by atomic mass is 35.5. The van der Waals surface area contributed by atoms with E-state index < -0.39 is 11.7 Å². The van der Waals surface area contributed by atoms with Crippen LogP contribution in [0.15, 0.2) is 42.6 Å². The average Bonchev–Trinajstić information content (AvgIpc) is 2.81. The maximum absolute atomic E-state index is 10.2. The van der Waals surface area contributed by atoms with Crippen molar-refractivity contribution >= 4 is 23.2 Å². The van der Waals surface area contributed by atoms with Gasteiger partial charge in [0.15, 0.2) is 5.60 Å². The van der Waals surface area contributed by atoms with Crippen LogP contribution in [0.5, 0.6) is 5.88 Å². The number of aromatic nitrogens is 1. The maximum atomic E-state index is 10.2. The minimum Gasteiger partial charge on any atom is -0.469 e. The van der Waals surface area contributed by atoms with Gasteiger partial charge < -0.3 is 19.9 Å². The van der Waals surface area contributed by atoms with Gasteiger partial charge in [-0.2, -0.15) is 0 Å². The maximum Gasteiger partial charge on any atom is 0.213 e. The first-order valence-corrected chi connectivity index (χ1v) is 8.40. The molecule has 1 aromatic heterocycles. The number of pyridine rings is 1. The number of ether oxygens (including phenoxy) is 2. The number of aliphatic hydroxyl groups excluding tert-OH is 1. The van der Waals surface area contributed by atoms with Crippen molar-refractivity contribution in [2.75, 3.05) is 26.3 Å². The summed E-state index contributed by atoms with van der Waals surface area (Å²) in [7, 11) is 0. The zero-order valence-electron chi connectivity index (χ0n) is 12.9. The standard InChI is InChI=1S/C17H18Cl2N2O3/c18-13-5-4-12(9-14(13)19)17(11-22)15(10-20-7-8-23-17)24-16-3-1-2-6-21-16/h1-6,9,15,20,22H,7-8,10-11H2. The van der Waals surface area contributed by atoms with Gasteiger partial charge in [0.25, 0.3) is 0 Å².